The summed E-state index contributed by atoms with van der Waals surface area (Å²) in [6, 6.07) is -0.650. The molecule has 0 saturated carbocycles. The summed E-state index contributed by atoms with van der Waals surface area (Å²) in [7, 11) is 0. The summed E-state index contributed by atoms with van der Waals surface area (Å²) in [4.78, 5) is 12.3. The molecule has 0 aliphatic carbocycles. The van der Waals surface area contributed by atoms with Gasteiger partial charge in [0.05, 0.1) is 5.92 Å². The average molecular weight is 268 g/mol. The summed E-state index contributed by atoms with van der Waals surface area (Å²) >= 11 is 0. The normalized spacial score (nSPS) is 25.9. The van der Waals surface area contributed by atoms with Crippen LogP contribution in [0.2, 0.25) is 0 Å². The summed E-state index contributed by atoms with van der Waals surface area (Å²) in [5.41, 5.74) is -0.717. The van der Waals surface area contributed by atoms with E-state index in [0.29, 0.717) is 0 Å². The number of piperidine rings is 1. The Bertz CT molecular complexity index is 312. The Morgan fingerprint density at radius 3 is 2.22 bits per heavy atom. The fraction of sp³-hybridized carbons (Fsp3) is 0.909. The number of hydrogen-bond donors (Lipinski definition) is 2. The molecule has 1 aliphatic heterocycles. The van der Waals surface area contributed by atoms with Crippen LogP contribution < -0.4 is 5.32 Å². The number of carbonyl (C=O) groups is 1. The molecule has 0 aromatic rings. The molecule has 1 heterocycles. The van der Waals surface area contributed by atoms with Crippen molar-refractivity contribution in [3.8, 4) is 0 Å². The number of nitrogens with one attached hydrogen (secondary N) is 1. The van der Waals surface area contributed by atoms with E-state index >= 15 is 0 Å². The molecule has 1 fully saturated rings. The summed E-state index contributed by atoms with van der Waals surface area (Å²) in [5, 5.41) is 11.8. The number of rotatable bonds is 1. The van der Waals surface area contributed by atoms with E-state index < -0.39 is 29.8 Å². The van der Waals surface area contributed by atoms with E-state index in [1.165, 1.54) is 0 Å². The van der Waals surface area contributed by atoms with Gasteiger partial charge in [0.25, 0.3) is 0 Å². The summed E-state index contributed by atoms with van der Waals surface area (Å²) in [5.74, 6) is -1.49. The molecular formula is C11H19F3N2O2. The third-order valence-corrected chi connectivity index (χ3v) is 3.08. The van der Waals surface area contributed by atoms with Crippen molar-refractivity contribution >= 4 is 6.09 Å². The van der Waals surface area contributed by atoms with Crippen molar-refractivity contribution in [2.75, 3.05) is 13.1 Å². The fourth-order valence-corrected chi connectivity index (χ4v) is 2.36. The van der Waals surface area contributed by atoms with Gasteiger partial charge in [-0.15, -0.1) is 0 Å². The van der Waals surface area contributed by atoms with Crippen LogP contribution >= 0.6 is 0 Å². The van der Waals surface area contributed by atoms with Crippen LogP contribution in [0.4, 0.5) is 18.0 Å². The van der Waals surface area contributed by atoms with E-state index in [1.54, 1.807) is 20.8 Å². The molecule has 0 aromatic heterocycles. The maximum atomic E-state index is 12.7. The molecule has 1 rings (SSSR count). The van der Waals surface area contributed by atoms with Crippen LogP contribution in [0.15, 0.2) is 0 Å². The maximum Gasteiger partial charge on any atom is 0.408 e. The van der Waals surface area contributed by atoms with Crippen molar-refractivity contribution in [3.63, 3.8) is 0 Å². The van der Waals surface area contributed by atoms with Crippen LogP contribution in [-0.2, 0) is 0 Å². The first kappa shape index (κ1) is 15.1. The van der Waals surface area contributed by atoms with E-state index in [-0.39, 0.29) is 19.5 Å². The zero-order chi connectivity index (χ0) is 14.1. The number of hydrogen-bond acceptors (Lipinski definition) is 2. The minimum Gasteiger partial charge on any atom is -0.465 e. The lowest BCUT2D eigenvalue weighted by Gasteiger charge is -2.43. The average Bonchev–Trinajstić information content (AvgIpc) is 2.13. The summed E-state index contributed by atoms with van der Waals surface area (Å²) in [6.45, 7) is 5.16. The lowest BCUT2D eigenvalue weighted by molar-refractivity contribution is -0.183. The second kappa shape index (κ2) is 4.95. The van der Waals surface area contributed by atoms with E-state index in [0.717, 1.165) is 4.90 Å². The lowest BCUT2D eigenvalue weighted by Crippen LogP contribution is -2.58. The van der Waals surface area contributed by atoms with Crippen molar-refractivity contribution in [2.24, 2.45) is 5.92 Å². The predicted molar refractivity (Wildman–Crippen MR) is 60.4 cm³/mol. The number of amides is 1. The van der Waals surface area contributed by atoms with Gasteiger partial charge in [0.1, 0.15) is 0 Å². The molecule has 0 spiro atoms. The standard InChI is InChI=1S/C11H19F3N2O2/c1-10(2,3)16(9(17)18)8-4-7(5-15-6-8)11(12,13)14/h7-8,15H,4-6H2,1-3H3,(H,17,18)/t7-,8+/m0/s1. The highest BCUT2D eigenvalue weighted by atomic mass is 19.4. The molecule has 0 aromatic carbocycles. The van der Waals surface area contributed by atoms with Gasteiger partial charge in [0.2, 0.25) is 0 Å². The molecule has 0 radical (unpaired) electrons. The maximum absolute atomic E-state index is 12.7. The van der Waals surface area contributed by atoms with Gasteiger partial charge in [-0.3, -0.25) is 4.90 Å². The highest BCUT2D eigenvalue weighted by Crippen LogP contribution is 2.33. The van der Waals surface area contributed by atoms with Gasteiger partial charge in [-0.2, -0.15) is 13.2 Å². The molecule has 2 atom stereocenters. The Balaban J connectivity index is 2.85. The molecule has 0 unspecified atom stereocenters. The van der Waals surface area contributed by atoms with E-state index in [2.05, 4.69) is 5.32 Å². The van der Waals surface area contributed by atoms with Crippen LogP contribution in [0, 0.1) is 5.92 Å². The molecule has 2 N–H and O–H groups in total. The van der Waals surface area contributed by atoms with Crippen molar-refractivity contribution in [1.29, 1.82) is 0 Å². The Labute approximate surface area is 104 Å². The Morgan fingerprint density at radius 2 is 1.83 bits per heavy atom. The Hall–Kier alpha value is -0.980. The molecular weight excluding hydrogens is 249 g/mol. The van der Waals surface area contributed by atoms with Gasteiger partial charge in [-0.1, -0.05) is 0 Å². The molecule has 1 aliphatic rings. The summed E-state index contributed by atoms with van der Waals surface area (Å²) < 4.78 is 38.0. The third kappa shape index (κ3) is 3.51. The highest BCUT2D eigenvalue weighted by Gasteiger charge is 2.45. The van der Waals surface area contributed by atoms with E-state index in [4.69, 9.17) is 5.11 Å². The Morgan fingerprint density at radius 1 is 1.28 bits per heavy atom. The molecule has 106 valence electrons. The van der Waals surface area contributed by atoms with Crippen LogP contribution in [0.1, 0.15) is 27.2 Å². The van der Waals surface area contributed by atoms with Gasteiger partial charge >= 0.3 is 12.3 Å². The van der Waals surface area contributed by atoms with E-state index in [9.17, 15) is 18.0 Å². The fourth-order valence-electron chi connectivity index (χ4n) is 2.36. The van der Waals surface area contributed by atoms with Gasteiger partial charge in [-0.25, -0.2) is 4.79 Å². The number of carboxylic acid groups (broad SMARTS) is 1. The first-order valence-corrected chi connectivity index (χ1v) is 5.83. The SMILES string of the molecule is CC(C)(C)N(C(=O)O)[C@H]1CNC[C@@H](C(F)(F)F)C1. The van der Waals surface area contributed by atoms with Crippen molar-refractivity contribution in [2.45, 2.75) is 44.9 Å². The third-order valence-electron chi connectivity index (χ3n) is 3.08. The predicted octanol–water partition coefficient (Wildman–Crippen LogP) is 2.31. The summed E-state index contributed by atoms with van der Waals surface area (Å²) in [6.07, 6.45) is -5.65. The number of nitrogens with zero attached hydrogens (tertiary/aromatic N) is 1. The first-order valence-electron chi connectivity index (χ1n) is 5.83. The van der Waals surface area contributed by atoms with Crippen LogP contribution in [-0.4, -0.2) is 46.9 Å². The van der Waals surface area contributed by atoms with Crippen molar-refractivity contribution < 1.29 is 23.1 Å². The Kier molecular flexibility index (Phi) is 4.15. The topological polar surface area (TPSA) is 52.6 Å². The van der Waals surface area contributed by atoms with Gasteiger partial charge < -0.3 is 10.4 Å². The van der Waals surface area contributed by atoms with Crippen molar-refractivity contribution in [1.82, 2.24) is 10.2 Å². The highest BCUT2D eigenvalue weighted by molar-refractivity contribution is 5.66. The second-order valence-corrected chi connectivity index (χ2v) is 5.61. The number of alkyl halides is 3. The zero-order valence-electron chi connectivity index (χ0n) is 10.7. The molecule has 7 heteroatoms. The molecule has 0 bridgehead atoms. The monoisotopic (exact) mass is 268 g/mol. The minimum absolute atomic E-state index is 0.141. The zero-order valence-corrected chi connectivity index (χ0v) is 10.7. The van der Waals surface area contributed by atoms with Crippen LogP contribution in [0.3, 0.4) is 0 Å². The quantitative estimate of drug-likeness (QED) is 0.767. The second-order valence-electron chi connectivity index (χ2n) is 5.61. The molecule has 1 saturated heterocycles. The van der Waals surface area contributed by atoms with Crippen LogP contribution in [0.25, 0.3) is 0 Å². The molecule has 4 nitrogen and oxygen atoms in total. The van der Waals surface area contributed by atoms with Gasteiger partial charge in [-0.05, 0) is 27.2 Å². The minimum atomic E-state index is -4.28. The molecule has 18 heavy (non-hydrogen) atoms. The van der Waals surface area contributed by atoms with E-state index in [1.807, 2.05) is 0 Å². The first-order chi connectivity index (χ1) is 8.03. The lowest BCUT2D eigenvalue weighted by atomic mass is 9.91. The molecule has 1 amide bonds. The largest absolute Gasteiger partial charge is 0.465 e. The number of halogens is 3. The van der Waals surface area contributed by atoms with Crippen LogP contribution in [0.5, 0.6) is 0 Å². The van der Waals surface area contributed by atoms with Crippen molar-refractivity contribution in [3.05, 3.63) is 0 Å². The van der Waals surface area contributed by atoms with Gasteiger partial charge in [0.15, 0.2) is 0 Å². The van der Waals surface area contributed by atoms with Gasteiger partial charge in [0, 0.05) is 24.7 Å². The smallest absolute Gasteiger partial charge is 0.408 e.